The number of carbonyl (C=O) groups is 1. The Labute approximate surface area is 125 Å². The van der Waals surface area contributed by atoms with Gasteiger partial charge in [0.15, 0.2) is 0 Å². The van der Waals surface area contributed by atoms with Crippen LogP contribution in [0.25, 0.3) is 0 Å². The van der Waals surface area contributed by atoms with Crippen LogP contribution in [0.4, 0.5) is 0 Å². The molecule has 0 saturated carbocycles. The molecule has 0 saturated heterocycles. The van der Waals surface area contributed by atoms with Gasteiger partial charge in [0.25, 0.3) is 0 Å². The highest BCUT2D eigenvalue weighted by Crippen LogP contribution is 2.43. The quantitative estimate of drug-likeness (QED) is 0.506. The minimum Gasteiger partial charge on any atom is -0.481 e. The first-order valence-electron chi connectivity index (χ1n) is 7.54. The SMILES string of the molecule is C#CC(CCCC(=O)O)O[Si](C(C)C)(C(C)C)C(C)C. The van der Waals surface area contributed by atoms with Gasteiger partial charge < -0.3 is 9.53 Å². The lowest BCUT2D eigenvalue weighted by atomic mass is 10.2. The zero-order valence-corrected chi connectivity index (χ0v) is 14.8. The summed E-state index contributed by atoms with van der Waals surface area (Å²) in [7, 11) is -1.98. The predicted octanol–water partition coefficient (Wildman–Crippen LogP) is 4.44. The van der Waals surface area contributed by atoms with E-state index in [0.717, 1.165) is 0 Å². The molecule has 116 valence electrons. The number of hydrogen-bond acceptors (Lipinski definition) is 2. The number of carboxylic acids is 1. The van der Waals surface area contributed by atoms with Gasteiger partial charge in [0.2, 0.25) is 8.32 Å². The summed E-state index contributed by atoms with van der Waals surface area (Å²) >= 11 is 0. The van der Waals surface area contributed by atoms with Crippen LogP contribution in [0.3, 0.4) is 0 Å². The molecule has 0 bridgehead atoms. The number of terminal acetylenes is 1. The summed E-state index contributed by atoms with van der Waals surface area (Å²) in [4.78, 5) is 10.6. The van der Waals surface area contributed by atoms with Crippen LogP contribution in [0.1, 0.15) is 60.8 Å². The molecule has 0 spiro atoms. The summed E-state index contributed by atoms with van der Waals surface area (Å²) in [6, 6.07) is 0. The van der Waals surface area contributed by atoms with E-state index in [1.54, 1.807) is 0 Å². The lowest BCUT2D eigenvalue weighted by Gasteiger charge is -2.43. The molecule has 0 aliphatic rings. The molecule has 0 heterocycles. The van der Waals surface area contributed by atoms with Crippen LogP contribution in [0.5, 0.6) is 0 Å². The third-order valence-electron chi connectivity index (χ3n) is 4.10. The average Bonchev–Trinajstić information content (AvgIpc) is 2.31. The van der Waals surface area contributed by atoms with Gasteiger partial charge in [-0.05, 0) is 29.5 Å². The fraction of sp³-hybridized carbons (Fsp3) is 0.812. The fourth-order valence-electron chi connectivity index (χ4n) is 3.27. The van der Waals surface area contributed by atoms with Gasteiger partial charge in [-0.15, -0.1) is 6.42 Å². The average molecular weight is 298 g/mol. The highest BCUT2D eigenvalue weighted by atomic mass is 28.4. The van der Waals surface area contributed by atoms with Gasteiger partial charge >= 0.3 is 5.97 Å². The Morgan fingerprint density at radius 1 is 1.15 bits per heavy atom. The van der Waals surface area contributed by atoms with Crippen LogP contribution in [-0.2, 0) is 9.22 Å². The Balaban J connectivity index is 4.94. The topological polar surface area (TPSA) is 46.5 Å². The Kier molecular flexibility index (Phi) is 8.15. The smallest absolute Gasteiger partial charge is 0.303 e. The van der Waals surface area contributed by atoms with Crippen LogP contribution in [0.2, 0.25) is 16.6 Å². The van der Waals surface area contributed by atoms with Crippen molar-refractivity contribution in [1.29, 1.82) is 0 Å². The van der Waals surface area contributed by atoms with Gasteiger partial charge in [-0.25, -0.2) is 0 Å². The number of carboxylic acid groups (broad SMARTS) is 1. The van der Waals surface area contributed by atoms with Crippen LogP contribution < -0.4 is 0 Å². The molecule has 0 aromatic rings. The second-order valence-corrected chi connectivity index (χ2v) is 11.8. The Hall–Kier alpha value is -0.793. The van der Waals surface area contributed by atoms with Crippen molar-refractivity contribution in [3.8, 4) is 12.3 Å². The summed E-state index contributed by atoms with van der Waals surface area (Å²) in [5.41, 5.74) is 1.45. The van der Waals surface area contributed by atoms with E-state index in [1.165, 1.54) is 0 Å². The first-order valence-corrected chi connectivity index (χ1v) is 9.68. The highest BCUT2D eigenvalue weighted by molar-refractivity contribution is 6.77. The van der Waals surface area contributed by atoms with Gasteiger partial charge in [0.05, 0.1) is 0 Å². The maximum Gasteiger partial charge on any atom is 0.303 e. The molecule has 0 amide bonds. The zero-order chi connectivity index (χ0) is 15.9. The Morgan fingerprint density at radius 2 is 1.60 bits per heavy atom. The number of rotatable bonds is 9. The second-order valence-electron chi connectivity index (χ2n) is 6.38. The lowest BCUT2D eigenvalue weighted by Crippen LogP contribution is -2.50. The molecule has 1 atom stereocenters. The summed E-state index contributed by atoms with van der Waals surface area (Å²) in [6.45, 7) is 13.3. The van der Waals surface area contributed by atoms with Gasteiger partial charge in [0.1, 0.15) is 6.10 Å². The van der Waals surface area contributed by atoms with E-state index in [1.807, 2.05) is 0 Å². The molecule has 0 aromatic carbocycles. The third kappa shape index (κ3) is 4.95. The largest absolute Gasteiger partial charge is 0.481 e. The third-order valence-corrected chi connectivity index (χ3v) is 10.2. The van der Waals surface area contributed by atoms with Crippen molar-refractivity contribution in [2.75, 3.05) is 0 Å². The van der Waals surface area contributed by atoms with Gasteiger partial charge in [-0.2, -0.15) is 0 Å². The minimum atomic E-state index is -1.98. The van der Waals surface area contributed by atoms with E-state index in [9.17, 15) is 4.79 Å². The van der Waals surface area contributed by atoms with Gasteiger partial charge in [-0.1, -0.05) is 47.5 Å². The van der Waals surface area contributed by atoms with E-state index in [-0.39, 0.29) is 12.5 Å². The van der Waals surface area contributed by atoms with Crippen molar-refractivity contribution in [3.63, 3.8) is 0 Å². The zero-order valence-electron chi connectivity index (χ0n) is 13.8. The molecule has 0 aliphatic heterocycles. The first-order chi connectivity index (χ1) is 9.18. The van der Waals surface area contributed by atoms with E-state index >= 15 is 0 Å². The van der Waals surface area contributed by atoms with Gasteiger partial charge in [-0.3, -0.25) is 4.79 Å². The molecule has 0 rings (SSSR count). The Bertz CT molecular complexity index is 320. The molecule has 1 N–H and O–H groups in total. The van der Waals surface area contributed by atoms with Crippen LogP contribution in [0, 0.1) is 12.3 Å². The van der Waals surface area contributed by atoms with E-state index < -0.39 is 14.3 Å². The fourth-order valence-corrected chi connectivity index (χ4v) is 8.76. The summed E-state index contributed by atoms with van der Waals surface area (Å²) in [5, 5.41) is 8.71. The van der Waals surface area contributed by atoms with E-state index in [2.05, 4.69) is 47.5 Å². The molecular formula is C16H30O3Si. The van der Waals surface area contributed by atoms with Crippen molar-refractivity contribution >= 4 is 14.3 Å². The molecule has 4 heteroatoms. The predicted molar refractivity (Wildman–Crippen MR) is 86.2 cm³/mol. The van der Waals surface area contributed by atoms with Crippen LogP contribution in [0.15, 0.2) is 0 Å². The summed E-state index contributed by atoms with van der Waals surface area (Å²) in [5.74, 6) is 1.94. The van der Waals surface area contributed by atoms with Crippen molar-refractivity contribution in [3.05, 3.63) is 0 Å². The number of hydrogen-bond donors (Lipinski definition) is 1. The highest BCUT2D eigenvalue weighted by Gasteiger charge is 2.46. The van der Waals surface area contributed by atoms with Crippen LogP contribution in [-0.4, -0.2) is 25.5 Å². The monoisotopic (exact) mass is 298 g/mol. The lowest BCUT2D eigenvalue weighted by molar-refractivity contribution is -0.137. The minimum absolute atomic E-state index is 0.154. The van der Waals surface area contributed by atoms with Gasteiger partial charge in [0, 0.05) is 6.42 Å². The van der Waals surface area contributed by atoms with E-state index in [0.29, 0.717) is 29.5 Å². The normalized spacial score (nSPS) is 13.8. The molecule has 0 aliphatic carbocycles. The van der Waals surface area contributed by atoms with E-state index in [4.69, 9.17) is 16.0 Å². The van der Waals surface area contributed by atoms with Crippen molar-refractivity contribution in [1.82, 2.24) is 0 Å². The second kappa shape index (κ2) is 8.48. The standard InChI is InChI=1S/C16H30O3Si/c1-8-15(10-9-11-16(17)18)19-20(12(2)3,13(4)5)14(6)7/h1,12-15H,9-11H2,2-7H3,(H,17,18). The van der Waals surface area contributed by atoms with Crippen LogP contribution >= 0.6 is 0 Å². The first kappa shape index (κ1) is 19.2. The maximum absolute atomic E-state index is 10.6. The summed E-state index contributed by atoms with van der Waals surface area (Å²) in [6.07, 6.45) is 6.70. The van der Waals surface area contributed by atoms with Crippen molar-refractivity contribution in [2.45, 2.75) is 83.5 Å². The molecule has 0 fully saturated rings. The molecular weight excluding hydrogens is 268 g/mol. The molecule has 20 heavy (non-hydrogen) atoms. The number of aliphatic carboxylic acids is 1. The molecule has 0 aromatic heterocycles. The maximum atomic E-state index is 10.6. The molecule has 0 radical (unpaired) electrons. The van der Waals surface area contributed by atoms with Crippen molar-refractivity contribution < 1.29 is 14.3 Å². The summed E-state index contributed by atoms with van der Waals surface area (Å²) < 4.78 is 6.46. The molecule has 1 unspecified atom stereocenters. The van der Waals surface area contributed by atoms with Crippen molar-refractivity contribution in [2.24, 2.45) is 0 Å². The Morgan fingerprint density at radius 3 is 1.90 bits per heavy atom. The molecule has 3 nitrogen and oxygen atoms in total.